The van der Waals surface area contributed by atoms with Gasteiger partial charge in [-0.2, -0.15) is 0 Å². The third kappa shape index (κ3) is 2.07. The van der Waals surface area contributed by atoms with E-state index in [2.05, 4.69) is 14.8 Å². The van der Waals surface area contributed by atoms with Gasteiger partial charge in [-0.3, -0.25) is 14.4 Å². The molecule has 0 radical (unpaired) electrons. The quantitative estimate of drug-likeness (QED) is 0.320. The lowest BCUT2D eigenvalue weighted by Crippen LogP contribution is -2.50. The number of nitrogens with one attached hydrogen (secondary N) is 2. The van der Waals surface area contributed by atoms with Gasteiger partial charge < -0.3 is 4.98 Å². The van der Waals surface area contributed by atoms with Crippen LogP contribution in [-0.2, 0) is 9.59 Å². The first-order valence-electron chi connectivity index (χ1n) is 8.08. The topological polar surface area (TPSA) is 78.1 Å². The number of benzene rings is 1. The zero-order valence-corrected chi connectivity index (χ0v) is 19.0. The van der Waals surface area contributed by atoms with Gasteiger partial charge in [0.05, 0.1) is 38.6 Å². The molecule has 1 aromatic heterocycles. The number of H-pyrrole nitrogens is 1. The number of anilines is 2. The molecular formula is C16H7Cl7N4O2. The van der Waals surface area contributed by atoms with Gasteiger partial charge >= 0.3 is 0 Å². The highest BCUT2D eigenvalue weighted by Crippen LogP contribution is 2.77. The molecule has 2 fully saturated rings. The van der Waals surface area contributed by atoms with Crippen molar-refractivity contribution in [2.75, 3.05) is 9.74 Å². The van der Waals surface area contributed by atoms with Crippen LogP contribution >= 0.6 is 81.4 Å². The Morgan fingerprint density at radius 2 is 1.55 bits per heavy atom. The van der Waals surface area contributed by atoms with Gasteiger partial charge in [0.15, 0.2) is 4.33 Å². The summed E-state index contributed by atoms with van der Waals surface area (Å²) in [7, 11) is 0. The van der Waals surface area contributed by atoms with Gasteiger partial charge in [0, 0.05) is 11.8 Å². The molecular weight excluding hydrogens is 528 g/mol. The normalized spacial score (nSPS) is 35.2. The van der Waals surface area contributed by atoms with Crippen LogP contribution < -0.4 is 9.74 Å². The second kappa shape index (κ2) is 6.00. The minimum atomic E-state index is -1.96. The van der Waals surface area contributed by atoms with Crippen LogP contribution in [0.25, 0.3) is 11.0 Å². The van der Waals surface area contributed by atoms with Crippen LogP contribution in [0.2, 0.25) is 0 Å². The zero-order chi connectivity index (χ0) is 21.1. The Balaban J connectivity index is 1.65. The van der Waals surface area contributed by atoms with Crippen molar-refractivity contribution in [3.05, 3.63) is 28.3 Å². The molecule has 29 heavy (non-hydrogen) atoms. The number of aromatic nitrogens is 2. The molecule has 0 spiro atoms. The van der Waals surface area contributed by atoms with Gasteiger partial charge in [0.25, 0.3) is 0 Å². The fourth-order valence-corrected chi connectivity index (χ4v) is 7.45. The van der Waals surface area contributed by atoms with Gasteiger partial charge in [-0.05, 0) is 18.2 Å². The van der Waals surface area contributed by atoms with Crippen molar-refractivity contribution >= 4 is 116 Å². The summed E-state index contributed by atoms with van der Waals surface area (Å²) in [5.74, 6) is -3.31. The van der Waals surface area contributed by atoms with E-state index in [9.17, 15) is 9.59 Å². The molecule has 152 valence electrons. The fraction of sp³-hybridized carbons (Fsp3) is 0.312. The van der Waals surface area contributed by atoms with Crippen LogP contribution in [-0.4, -0.2) is 35.9 Å². The third-order valence-electron chi connectivity index (χ3n) is 5.72. The number of hydrogen-bond acceptors (Lipinski definition) is 4. The van der Waals surface area contributed by atoms with Crippen molar-refractivity contribution in [2.24, 2.45) is 11.8 Å². The van der Waals surface area contributed by atoms with Crippen LogP contribution in [0.3, 0.4) is 0 Å². The van der Waals surface area contributed by atoms with Crippen LogP contribution in [0.5, 0.6) is 0 Å². The molecule has 1 saturated carbocycles. The molecule has 2 heterocycles. The highest BCUT2D eigenvalue weighted by atomic mass is 35.5. The van der Waals surface area contributed by atoms with Gasteiger partial charge in [-0.25, -0.2) is 9.88 Å². The number of amides is 2. The second-order valence-corrected chi connectivity index (χ2v) is 10.4. The minimum absolute atomic E-state index is 0.132. The van der Waals surface area contributed by atoms with E-state index in [0.717, 1.165) is 4.90 Å². The average molecular weight is 535 g/mol. The number of aromatic amines is 1. The van der Waals surface area contributed by atoms with E-state index in [1.165, 1.54) is 0 Å². The van der Waals surface area contributed by atoms with Gasteiger partial charge in [-0.1, -0.05) is 46.4 Å². The smallest absolute Gasteiger partial charge is 0.240 e. The Morgan fingerprint density at radius 3 is 2.07 bits per heavy atom. The van der Waals surface area contributed by atoms with Crippen molar-refractivity contribution in [3.63, 3.8) is 0 Å². The molecule has 2 N–H and O–H groups in total. The molecule has 6 nitrogen and oxygen atoms in total. The second-order valence-electron chi connectivity index (χ2n) is 6.97. The Morgan fingerprint density at radius 1 is 1.00 bits per heavy atom. The summed E-state index contributed by atoms with van der Waals surface area (Å²) >= 11 is 44.4. The number of fused-ring (bicyclic) bond motifs is 6. The largest absolute Gasteiger partial charge is 0.323 e. The number of alkyl halides is 4. The number of rotatable bonds is 2. The number of hydrogen-bond donors (Lipinski definition) is 2. The molecule has 1 aliphatic heterocycles. The maximum absolute atomic E-state index is 13.3. The molecule has 13 heteroatoms. The summed E-state index contributed by atoms with van der Waals surface area (Å²) in [6, 6.07) is 4.76. The first-order valence-corrected chi connectivity index (χ1v) is 10.7. The summed E-state index contributed by atoms with van der Waals surface area (Å²) in [5.41, 5.74) is 1.41. The van der Waals surface area contributed by atoms with E-state index in [1.807, 2.05) is 0 Å². The number of halogens is 7. The summed E-state index contributed by atoms with van der Waals surface area (Å²) in [4.78, 5) is 33.4. The summed E-state index contributed by atoms with van der Waals surface area (Å²) in [6.07, 6.45) is 0. The van der Waals surface area contributed by atoms with Crippen LogP contribution in [0, 0.1) is 11.8 Å². The van der Waals surface area contributed by atoms with E-state index in [0.29, 0.717) is 17.0 Å². The SMILES string of the molecule is O=C1[C@@H]2[C@H](C(=O)N1c1ccc3nc(NCl)[nH]c3c1)C1(Cl)C(Cl)=C(Cl)C2(Cl)C1(Cl)Cl. The summed E-state index contributed by atoms with van der Waals surface area (Å²) in [6.45, 7) is 0. The highest BCUT2D eigenvalue weighted by Gasteiger charge is 2.87. The maximum atomic E-state index is 13.3. The number of imidazole rings is 1. The number of imide groups is 1. The Hall–Kier alpha value is -0.600. The highest BCUT2D eigenvalue weighted by molar-refractivity contribution is 6.67. The number of carbonyl (C=O) groups is 2. The zero-order valence-electron chi connectivity index (χ0n) is 13.7. The third-order valence-corrected chi connectivity index (χ3v) is 10.2. The molecule has 3 aliphatic rings. The van der Waals surface area contributed by atoms with Crippen molar-refractivity contribution in [1.82, 2.24) is 9.97 Å². The average Bonchev–Trinajstić information content (AvgIpc) is 3.28. The van der Waals surface area contributed by atoms with Crippen molar-refractivity contribution < 1.29 is 9.59 Å². The minimum Gasteiger partial charge on any atom is -0.323 e. The van der Waals surface area contributed by atoms with E-state index < -0.39 is 37.7 Å². The van der Waals surface area contributed by atoms with E-state index in [1.54, 1.807) is 18.2 Å². The van der Waals surface area contributed by atoms with Crippen molar-refractivity contribution in [2.45, 2.75) is 14.1 Å². The molecule has 2 unspecified atom stereocenters. The lowest BCUT2D eigenvalue weighted by molar-refractivity contribution is -0.123. The van der Waals surface area contributed by atoms with Crippen molar-refractivity contribution in [1.29, 1.82) is 0 Å². The standard InChI is InChI=1S/C16H7Cl7N4O2/c17-9-10(18)15(20)8-7(14(9,19)16(15,21)22)11(28)27(12(8)29)4-1-2-5-6(3-4)25-13(24-5)26-23/h1-3,7-8H,(H2,24,25,26)/t7-,8+,14?,15?. The van der Waals surface area contributed by atoms with E-state index >= 15 is 0 Å². The number of allylic oxidation sites excluding steroid dienone is 2. The predicted octanol–water partition coefficient (Wildman–Crippen LogP) is 5.08. The molecule has 2 bridgehead atoms. The van der Waals surface area contributed by atoms with Crippen molar-refractivity contribution in [3.8, 4) is 0 Å². The molecule has 1 aromatic carbocycles. The first-order chi connectivity index (χ1) is 13.5. The molecule has 1 saturated heterocycles. The van der Waals surface area contributed by atoms with Gasteiger partial charge in [-0.15, -0.1) is 23.2 Å². The lowest BCUT2D eigenvalue weighted by Gasteiger charge is -2.34. The predicted molar refractivity (Wildman–Crippen MR) is 115 cm³/mol. The summed E-state index contributed by atoms with van der Waals surface area (Å²) in [5, 5.41) is -0.265. The Labute approximate surface area is 198 Å². The molecule has 2 aromatic rings. The van der Waals surface area contributed by atoms with Crippen LogP contribution in [0.15, 0.2) is 28.3 Å². The Bertz CT molecular complexity index is 1120. The lowest BCUT2D eigenvalue weighted by atomic mass is 9.84. The van der Waals surface area contributed by atoms with Crippen LogP contribution in [0.1, 0.15) is 0 Å². The molecule has 2 amide bonds. The summed E-state index contributed by atoms with van der Waals surface area (Å²) < 4.78 is -1.96. The van der Waals surface area contributed by atoms with Crippen LogP contribution in [0.4, 0.5) is 11.6 Å². The molecule has 4 atom stereocenters. The van der Waals surface area contributed by atoms with Gasteiger partial charge in [0.1, 0.15) is 9.75 Å². The molecule has 5 rings (SSSR count). The Kier molecular flexibility index (Phi) is 4.20. The first kappa shape index (κ1) is 20.3. The van der Waals surface area contributed by atoms with E-state index in [4.69, 9.17) is 81.4 Å². The molecule has 2 aliphatic carbocycles. The number of carbonyl (C=O) groups excluding carboxylic acids is 2. The monoisotopic (exact) mass is 532 g/mol. The fourth-order valence-electron chi connectivity index (χ4n) is 4.43. The van der Waals surface area contributed by atoms with E-state index in [-0.39, 0.29) is 15.8 Å². The maximum Gasteiger partial charge on any atom is 0.240 e. The van der Waals surface area contributed by atoms with Gasteiger partial charge in [0.2, 0.25) is 17.8 Å². The number of nitrogens with zero attached hydrogens (tertiary/aromatic N) is 2.